The van der Waals surface area contributed by atoms with Crippen LogP contribution in [-0.2, 0) is 4.79 Å². The van der Waals surface area contributed by atoms with Gasteiger partial charge >= 0.3 is 5.97 Å². The molecule has 1 unspecified atom stereocenters. The lowest BCUT2D eigenvalue weighted by atomic mass is 9.99. The second-order valence-corrected chi connectivity index (χ2v) is 2.85. The molecule has 0 aliphatic heterocycles. The van der Waals surface area contributed by atoms with Gasteiger partial charge in [-0.1, -0.05) is 0 Å². The van der Waals surface area contributed by atoms with Crippen LogP contribution in [-0.4, -0.2) is 16.2 Å². The molecule has 1 atom stereocenters. The van der Waals surface area contributed by atoms with Gasteiger partial charge in [-0.3, -0.25) is 4.79 Å². The summed E-state index contributed by atoms with van der Waals surface area (Å²) in [5.41, 5.74) is -0.530. The van der Waals surface area contributed by atoms with Gasteiger partial charge in [-0.2, -0.15) is 0 Å². The molecular formula is C9H8F2O3. The molecule has 0 aromatic heterocycles. The van der Waals surface area contributed by atoms with Gasteiger partial charge in [0, 0.05) is 5.56 Å². The third-order valence-corrected chi connectivity index (χ3v) is 1.91. The molecule has 14 heavy (non-hydrogen) atoms. The first-order valence-electron chi connectivity index (χ1n) is 3.84. The van der Waals surface area contributed by atoms with Crippen LogP contribution < -0.4 is 0 Å². The van der Waals surface area contributed by atoms with E-state index >= 15 is 0 Å². The number of benzene rings is 1. The average molecular weight is 202 g/mol. The maximum atomic E-state index is 13.1. The summed E-state index contributed by atoms with van der Waals surface area (Å²) in [5, 5.41) is 17.7. The molecule has 0 aliphatic carbocycles. The van der Waals surface area contributed by atoms with Gasteiger partial charge in [0.15, 0.2) is 11.6 Å². The minimum absolute atomic E-state index is 0.530. The van der Waals surface area contributed by atoms with Crippen molar-refractivity contribution in [2.24, 2.45) is 0 Å². The highest BCUT2D eigenvalue weighted by Gasteiger charge is 2.23. The van der Waals surface area contributed by atoms with Gasteiger partial charge in [-0.15, -0.1) is 0 Å². The molecule has 1 aromatic rings. The number of hydrogen-bond donors (Lipinski definition) is 2. The third kappa shape index (κ3) is 1.66. The lowest BCUT2D eigenvalue weighted by molar-refractivity contribution is -0.138. The average Bonchev–Trinajstić information content (AvgIpc) is 2.12. The van der Waals surface area contributed by atoms with Crippen LogP contribution in [0.5, 0.6) is 5.75 Å². The normalized spacial score (nSPS) is 12.5. The number of halogens is 2. The minimum Gasteiger partial charge on any atom is -0.508 e. The molecule has 0 heterocycles. The summed E-state index contributed by atoms with van der Waals surface area (Å²) in [6, 6.07) is 1.66. The monoisotopic (exact) mass is 202 g/mol. The van der Waals surface area contributed by atoms with Crippen LogP contribution in [0, 0.1) is 11.6 Å². The molecule has 5 heteroatoms. The Morgan fingerprint density at radius 2 is 2.00 bits per heavy atom. The van der Waals surface area contributed by atoms with Crippen molar-refractivity contribution >= 4 is 5.97 Å². The molecule has 1 aromatic carbocycles. The fraction of sp³-hybridized carbons (Fsp3) is 0.222. The maximum Gasteiger partial charge on any atom is 0.310 e. The van der Waals surface area contributed by atoms with Crippen molar-refractivity contribution in [3.8, 4) is 5.75 Å². The van der Waals surface area contributed by atoms with Crippen molar-refractivity contribution in [1.82, 2.24) is 0 Å². The van der Waals surface area contributed by atoms with Crippen molar-refractivity contribution < 1.29 is 23.8 Å². The maximum absolute atomic E-state index is 13.1. The second-order valence-electron chi connectivity index (χ2n) is 2.85. The van der Waals surface area contributed by atoms with E-state index in [0.29, 0.717) is 0 Å². The van der Waals surface area contributed by atoms with E-state index in [1.807, 2.05) is 0 Å². The van der Waals surface area contributed by atoms with Crippen molar-refractivity contribution in [2.75, 3.05) is 0 Å². The first kappa shape index (κ1) is 10.4. The SMILES string of the molecule is CC(C(=O)O)c1c(O)ccc(F)c1F. The molecule has 0 aliphatic rings. The zero-order chi connectivity index (χ0) is 10.9. The number of aliphatic carboxylic acids is 1. The summed E-state index contributed by atoms with van der Waals surface area (Å²) in [6.07, 6.45) is 0. The molecule has 2 N–H and O–H groups in total. The minimum atomic E-state index is -1.33. The van der Waals surface area contributed by atoms with E-state index in [9.17, 15) is 13.6 Å². The fourth-order valence-corrected chi connectivity index (χ4v) is 1.09. The summed E-state index contributed by atoms with van der Waals surface area (Å²) >= 11 is 0. The van der Waals surface area contributed by atoms with Crippen LogP contribution in [0.15, 0.2) is 12.1 Å². The predicted octanol–water partition coefficient (Wildman–Crippen LogP) is 1.86. The summed E-state index contributed by atoms with van der Waals surface area (Å²) in [7, 11) is 0. The highest BCUT2D eigenvalue weighted by Crippen LogP contribution is 2.29. The van der Waals surface area contributed by atoms with Crippen LogP contribution in [0.2, 0.25) is 0 Å². The molecular weight excluding hydrogens is 194 g/mol. The van der Waals surface area contributed by atoms with Crippen molar-refractivity contribution in [3.63, 3.8) is 0 Å². The second kappa shape index (κ2) is 3.61. The van der Waals surface area contributed by atoms with E-state index < -0.39 is 34.8 Å². The zero-order valence-corrected chi connectivity index (χ0v) is 7.29. The van der Waals surface area contributed by atoms with Gasteiger partial charge < -0.3 is 10.2 Å². The first-order valence-corrected chi connectivity index (χ1v) is 3.84. The van der Waals surface area contributed by atoms with Crippen LogP contribution >= 0.6 is 0 Å². The number of carbonyl (C=O) groups is 1. The molecule has 0 bridgehead atoms. The summed E-state index contributed by atoms with van der Waals surface area (Å²) in [4.78, 5) is 10.5. The van der Waals surface area contributed by atoms with Gasteiger partial charge in [-0.05, 0) is 19.1 Å². The molecule has 0 saturated heterocycles. The standard InChI is InChI=1S/C9H8F2O3/c1-4(9(13)14)7-6(12)3-2-5(10)8(7)11/h2-4,12H,1H3,(H,13,14). The Morgan fingerprint density at radius 3 is 2.50 bits per heavy atom. The number of phenols is 1. The topological polar surface area (TPSA) is 57.5 Å². The Labute approximate surface area is 78.6 Å². The number of hydrogen-bond acceptors (Lipinski definition) is 2. The van der Waals surface area contributed by atoms with Gasteiger partial charge in [0.05, 0.1) is 5.92 Å². The van der Waals surface area contributed by atoms with E-state index in [-0.39, 0.29) is 0 Å². The summed E-state index contributed by atoms with van der Waals surface area (Å²) in [6.45, 7) is 1.17. The lowest BCUT2D eigenvalue weighted by Crippen LogP contribution is -2.10. The lowest BCUT2D eigenvalue weighted by Gasteiger charge is -2.10. The van der Waals surface area contributed by atoms with Crippen molar-refractivity contribution in [3.05, 3.63) is 29.3 Å². The molecule has 3 nitrogen and oxygen atoms in total. The molecule has 0 fully saturated rings. The van der Waals surface area contributed by atoms with Crippen LogP contribution in [0.1, 0.15) is 18.4 Å². The largest absolute Gasteiger partial charge is 0.508 e. The van der Waals surface area contributed by atoms with Crippen LogP contribution in [0.25, 0.3) is 0 Å². The summed E-state index contributed by atoms with van der Waals surface area (Å²) in [5.74, 6) is -5.67. The van der Waals surface area contributed by atoms with Crippen LogP contribution in [0.3, 0.4) is 0 Å². The highest BCUT2D eigenvalue weighted by molar-refractivity contribution is 5.76. The van der Waals surface area contributed by atoms with E-state index in [4.69, 9.17) is 10.2 Å². The number of rotatable bonds is 2. The van der Waals surface area contributed by atoms with E-state index in [2.05, 4.69) is 0 Å². The predicted molar refractivity (Wildman–Crippen MR) is 44.1 cm³/mol. The zero-order valence-electron chi connectivity index (χ0n) is 7.29. The van der Waals surface area contributed by atoms with E-state index in [1.165, 1.54) is 6.92 Å². The Bertz CT molecular complexity index is 377. The highest BCUT2D eigenvalue weighted by atomic mass is 19.2. The van der Waals surface area contributed by atoms with Gasteiger partial charge in [-0.25, -0.2) is 8.78 Å². The number of carboxylic acid groups (broad SMARTS) is 1. The van der Waals surface area contributed by atoms with Crippen LogP contribution in [0.4, 0.5) is 8.78 Å². The Morgan fingerprint density at radius 1 is 1.43 bits per heavy atom. The first-order chi connectivity index (χ1) is 6.45. The number of phenolic OH excluding ortho intramolecular Hbond substituents is 1. The van der Waals surface area contributed by atoms with Gasteiger partial charge in [0.2, 0.25) is 0 Å². The molecule has 0 saturated carbocycles. The fourth-order valence-electron chi connectivity index (χ4n) is 1.09. The van der Waals surface area contributed by atoms with E-state index in [0.717, 1.165) is 12.1 Å². The third-order valence-electron chi connectivity index (χ3n) is 1.91. The molecule has 1 rings (SSSR count). The number of carboxylic acids is 1. The van der Waals surface area contributed by atoms with Gasteiger partial charge in [0.1, 0.15) is 5.75 Å². The van der Waals surface area contributed by atoms with Crippen molar-refractivity contribution in [1.29, 1.82) is 0 Å². The molecule has 0 amide bonds. The Kier molecular flexibility index (Phi) is 2.69. The number of aromatic hydroxyl groups is 1. The Balaban J connectivity index is 3.32. The van der Waals surface area contributed by atoms with Gasteiger partial charge in [0.25, 0.3) is 0 Å². The molecule has 76 valence electrons. The quantitative estimate of drug-likeness (QED) is 0.769. The molecule has 0 radical (unpaired) electrons. The smallest absolute Gasteiger partial charge is 0.310 e. The summed E-state index contributed by atoms with van der Waals surface area (Å²) < 4.78 is 25.8. The molecule has 0 spiro atoms. The van der Waals surface area contributed by atoms with E-state index in [1.54, 1.807) is 0 Å². The van der Waals surface area contributed by atoms with Crippen molar-refractivity contribution in [2.45, 2.75) is 12.8 Å². The Hall–Kier alpha value is -1.65.